The minimum Gasteiger partial charge on any atom is -0.388 e. The SMILES string of the molecule is C[C@H]1[C@@H](C[C@H](O)C2=CCCC2=O)O[C@@H]2OC3(C)CC[C@H]4[C@H](C)CC[C@@H]1[C@@]24OO3. The first kappa shape index (κ1) is 19.2. The number of ether oxygens (including phenoxy) is 2. The Morgan fingerprint density at radius 3 is 2.79 bits per heavy atom. The third kappa shape index (κ3) is 2.68. The summed E-state index contributed by atoms with van der Waals surface area (Å²) in [5, 5.41) is 10.7. The summed E-state index contributed by atoms with van der Waals surface area (Å²) in [5.74, 6) is 0.588. The zero-order valence-electron chi connectivity index (χ0n) is 17.1. The molecule has 6 aliphatic rings. The van der Waals surface area contributed by atoms with E-state index in [4.69, 9.17) is 19.2 Å². The van der Waals surface area contributed by atoms with Gasteiger partial charge in [0.15, 0.2) is 17.7 Å². The lowest BCUT2D eigenvalue weighted by Crippen LogP contribution is -2.70. The van der Waals surface area contributed by atoms with E-state index in [1.807, 2.05) is 13.0 Å². The zero-order valence-corrected chi connectivity index (χ0v) is 17.1. The smallest absolute Gasteiger partial charge is 0.201 e. The van der Waals surface area contributed by atoms with E-state index in [2.05, 4.69) is 13.8 Å². The van der Waals surface area contributed by atoms with Crippen molar-refractivity contribution in [1.29, 1.82) is 0 Å². The van der Waals surface area contributed by atoms with Crippen LogP contribution in [-0.4, -0.2) is 40.8 Å². The molecular weight excluding hydrogens is 360 g/mol. The van der Waals surface area contributed by atoms with E-state index < -0.39 is 23.8 Å². The first-order valence-electron chi connectivity index (χ1n) is 11.0. The van der Waals surface area contributed by atoms with Crippen molar-refractivity contribution >= 4 is 5.78 Å². The number of allylic oxidation sites excluding steroid dienone is 1. The van der Waals surface area contributed by atoms with Crippen LogP contribution in [0.15, 0.2) is 11.6 Å². The second-order valence-electron chi connectivity index (χ2n) is 9.82. The number of aliphatic hydroxyl groups is 1. The summed E-state index contributed by atoms with van der Waals surface area (Å²) in [6, 6.07) is 0. The van der Waals surface area contributed by atoms with E-state index in [0.717, 1.165) is 32.1 Å². The predicted molar refractivity (Wildman–Crippen MR) is 99.8 cm³/mol. The minimum absolute atomic E-state index is 0.0630. The van der Waals surface area contributed by atoms with Gasteiger partial charge in [-0.2, -0.15) is 0 Å². The van der Waals surface area contributed by atoms with Crippen molar-refractivity contribution in [3.63, 3.8) is 0 Å². The van der Waals surface area contributed by atoms with Gasteiger partial charge in [-0.05, 0) is 50.4 Å². The van der Waals surface area contributed by atoms with E-state index in [0.29, 0.717) is 30.3 Å². The van der Waals surface area contributed by atoms with Crippen molar-refractivity contribution in [2.45, 2.75) is 95.6 Å². The molecule has 1 saturated carbocycles. The van der Waals surface area contributed by atoms with Gasteiger partial charge in [-0.3, -0.25) is 4.79 Å². The fraction of sp³-hybridized carbons (Fsp3) is 0.864. The fourth-order valence-corrected chi connectivity index (χ4v) is 6.53. The standard InChI is InChI=1S/C22H32O6/c1-12-7-8-16-13(2)19(11-18(24)14-5-4-6-17(14)23)25-20-22(16)15(12)9-10-21(3,26-20)27-28-22/h5,12-13,15-16,18-20,24H,4,6-11H2,1-3H3/t12-,13-,15+,16+,18+,19-,20-,21?,22-/m1/s1. The summed E-state index contributed by atoms with van der Waals surface area (Å²) in [7, 11) is 0. The molecule has 1 spiro atoms. The second-order valence-corrected chi connectivity index (χ2v) is 9.82. The minimum atomic E-state index is -0.786. The van der Waals surface area contributed by atoms with Crippen LogP contribution >= 0.6 is 0 Å². The van der Waals surface area contributed by atoms with Crippen LogP contribution < -0.4 is 0 Å². The number of fused-ring (bicyclic) bond motifs is 2. The molecular formula is C22H32O6. The molecule has 9 atom stereocenters. The van der Waals surface area contributed by atoms with Gasteiger partial charge in [0.1, 0.15) is 0 Å². The number of carbonyl (C=O) groups excluding carboxylic acids is 1. The Hall–Kier alpha value is -0.790. The predicted octanol–water partition coefficient (Wildman–Crippen LogP) is 3.28. The summed E-state index contributed by atoms with van der Waals surface area (Å²) in [4.78, 5) is 24.0. The van der Waals surface area contributed by atoms with Crippen molar-refractivity contribution in [3.05, 3.63) is 11.6 Å². The molecule has 4 aliphatic heterocycles. The lowest BCUT2D eigenvalue weighted by Gasteiger charge is -2.60. The van der Waals surface area contributed by atoms with Crippen molar-refractivity contribution in [3.8, 4) is 0 Å². The van der Waals surface area contributed by atoms with Gasteiger partial charge in [-0.25, -0.2) is 9.78 Å². The van der Waals surface area contributed by atoms with E-state index >= 15 is 0 Å². The Bertz CT molecular complexity index is 691. The average molecular weight is 392 g/mol. The molecule has 5 fully saturated rings. The molecule has 0 aromatic rings. The molecule has 2 aliphatic carbocycles. The second kappa shape index (κ2) is 6.61. The highest BCUT2D eigenvalue weighted by molar-refractivity contribution is 5.98. The first-order chi connectivity index (χ1) is 13.3. The Kier molecular flexibility index (Phi) is 4.53. The third-order valence-electron chi connectivity index (χ3n) is 8.17. The van der Waals surface area contributed by atoms with Gasteiger partial charge >= 0.3 is 0 Å². The van der Waals surface area contributed by atoms with Gasteiger partial charge in [-0.1, -0.05) is 19.9 Å². The summed E-state index contributed by atoms with van der Waals surface area (Å²) >= 11 is 0. The van der Waals surface area contributed by atoms with Gasteiger partial charge < -0.3 is 14.6 Å². The summed E-state index contributed by atoms with van der Waals surface area (Å²) in [6.07, 6.45) is 6.09. The average Bonchev–Trinajstić information content (AvgIpc) is 2.96. The monoisotopic (exact) mass is 392 g/mol. The van der Waals surface area contributed by atoms with E-state index in [-0.39, 0.29) is 23.7 Å². The molecule has 28 heavy (non-hydrogen) atoms. The summed E-state index contributed by atoms with van der Waals surface area (Å²) in [6.45, 7) is 6.41. The first-order valence-corrected chi connectivity index (χ1v) is 11.0. The number of hydrogen-bond donors (Lipinski definition) is 1. The molecule has 6 rings (SSSR count). The molecule has 4 heterocycles. The zero-order chi connectivity index (χ0) is 19.7. The molecule has 4 saturated heterocycles. The van der Waals surface area contributed by atoms with Gasteiger partial charge in [-0.15, -0.1) is 0 Å². The maximum absolute atomic E-state index is 12.0. The van der Waals surface area contributed by atoms with E-state index in [1.54, 1.807) is 0 Å². The Balaban J connectivity index is 1.44. The van der Waals surface area contributed by atoms with Gasteiger partial charge in [0.25, 0.3) is 0 Å². The van der Waals surface area contributed by atoms with Crippen LogP contribution in [0.4, 0.5) is 0 Å². The highest BCUT2D eigenvalue weighted by Gasteiger charge is 2.69. The molecule has 0 amide bonds. The molecule has 1 unspecified atom stereocenters. The molecule has 0 aromatic carbocycles. The lowest BCUT2D eigenvalue weighted by atomic mass is 9.57. The molecule has 156 valence electrons. The van der Waals surface area contributed by atoms with Gasteiger partial charge in [0, 0.05) is 30.8 Å². The summed E-state index contributed by atoms with van der Waals surface area (Å²) < 4.78 is 12.8. The fourth-order valence-electron chi connectivity index (χ4n) is 6.53. The molecule has 2 bridgehead atoms. The van der Waals surface area contributed by atoms with Crippen LogP contribution in [0.3, 0.4) is 0 Å². The number of hydrogen-bond acceptors (Lipinski definition) is 6. The van der Waals surface area contributed by atoms with Crippen molar-refractivity contribution < 1.29 is 29.1 Å². The molecule has 0 aromatic heterocycles. The van der Waals surface area contributed by atoms with Gasteiger partial charge in [0.2, 0.25) is 5.79 Å². The number of ketones is 1. The largest absolute Gasteiger partial charge is 0.388 e. The number of Topliss-reactive ketones (excluding diaryl/α,β-unsaturated/α-hetero) is 1. The molecule has 1 N–H and O–H groups in total. The number of carbonyl (C=O) groups is 1. The normalized spacial score (nSPS) is 51.4. The maximum atomic E-state index is 12.0. The summed E-state index contributed by atoms with van der Waals surface area (Å²) in [5.41, 5.74) is -0.0159. The van der Waals surface area contributed by atoms with Crippen LogP contribution in [0.25, 0.3) is 0 Å². The highest BCUT2D eigenvalue weighted by atomic mass is 17.3. The lowest BCUT2D eigenvalue weighted by molar-refractivity contribution is -0.571. The van der Waals surface area contributed by atoms with Crippen LogP contribution in [0.1, 0.15) is 65.7 Å². The highest BCUT2D eigenvalue weighted by Crippen LogP contribution is 2.60. The van der Waals surface area contributed by atoms with Crippen LogP contribution in [0.5, 0.6) is 0 Å². The topological polar surface area (TPSA) is 74.2 Å². The van der Waals surface area contributed by atoms with Crippen LogP contribution in [-0.2, 0) is 24.0 Å². The maximum Gasteiger partial charge on any atom is 0.201 e. The van der Waals surface area contributed by atoms with Crippen molar-refractivity contribution in [2.24, 2.45) is 23.7 Å². The van der Waals surface area contributed by atoms with E-state index in [9.17, 15) is 9.90 Å². The number of rotatable bonds is 3. The molecule has 6 heteroatoms. The Labute approximate surface area is 166 Å². The van der Waals surface area contributed by atoms with Crippen molar-refractivity contribution in [1.82, 2.24) is 0 Å². The molecule has 6 nitrogen and oxygen atoms in total. The van der Waals surface area contributed by atoms with Crippen LogP contribution in [0.2, 0.25) is 0 Å². The Morgan fingerprint density at radius 2 is 2.04 bits per heavy atom. The van der Waals surface area contributed by atoms with E-state index in [1.165, 1.54) is 0 Å². The third-order valence-corrected chi connectivity index (χ3v) is 8.17. The molecule has 0 radical (unpaired) electrons. The number of aliphatic hydroxyl groups excluding tert-OH is 1. The van der Waals surface area contributed by atoms with Crippen LogP contribution in [0, 0.1) is 23.7 Å². The van der Waals surface area contributed by atoms with Crippen molar-refractivity contribution in [2.75, 3.05) is 0 Å². The Morgan fingerprint density at radius 1 is 1.21 bits per heavy atom. The quantitative estimate of drug-likeness (QED) is 0.743. The van der Waals surface area contributed by atoms with Gasteiger partial charge in [0.05, 0.1) is 12.2 Å².